The van der Waals surface area contributed by atoms with Crippen LogP contribution in [-0.2, 0) is 9.53 Å². The highest BCUT2D eigenvalue weighted by Crippen LogP contribution is 2.34. The Balaban J connectivity index is 2.57. The third kappa shape index (κ3) is 15.1. The van der Waals surface area contributed by atoms with Gasteiger partial charge >= 0.3 is 5.97 Å². The van der Waals surface area contributed by atoms with Crippen LogP contribution < -0.4 is 0 Å². The number of hydrogen-bond donors (Lipinski definition) is 0. The maximum atomic E-state index is 12.4. The molecule has 0 unspecified atom stereocenters. The first-order valence-electron chi connectivity index (χ1n) is 14.1. The molecule has 36 heavy (non-hydrogen) atoms. The molecule has 0 radical (unpaired) electrons. The third-order valence-corrected chi connectivity index (χ3v) is 7.10. The van der Waals surface area contributed by atoms with Crippen LogP contribution in [0.3, 0.4) is 0 Å². The number of methoxy groups -OCH3 is 1. The molecule has 0 aromatic rings. The molecule has 0 saturated heterocycles. The smallest absolute Gasteiger partial charge is 0.308 e. The minimum Gasteiger partial charge on any atom is -0.469 e. The number of rotatable bonds is 16. The Morgan fingerprint density at radius 3 is 1.97 bits per heavy atom. The predicted molar refractivity (Wildman–Crippen MR) is 158 cm³/mol. The number of allylic oxidation sites excluding steroid dienone is 11. The number of hydrogen-bond acceptors (Lipinski definition) is 2. The fourth-order valence-electron chi connectivity index (χ4n) is 4.89. The first-order chi connectivity index (χ1) is 17.1. The van der Waals surface area contributed by atoms with Gasteiger partial charge in [-0.15, -0.1) is 0 Å². The highest BCUT2D eigenvalue weighted by atomic mass is 16.5. The topological polar surface area (TPSA) is 26.3 Å². The second kappa shape index (κ2) is 18.2. The van der Waals surface area contributed by atoms with E-state index >= 15 is 0 Å². The Bertz CT molecular complexity index is 838. The van der Waals surface area contributed by atoms with Gasteiger partial charge < -0.3 is 4.74 Å². The zero-order valence-corrected chi connectivity index (χ0v) is 24.6. The van der Waals surface area contributed by atoms with Gasteiger partial charge in [0.05, 0.1) is 13.0 Å². The van der Waals surface area contributed by atoms with Crippen molar-refractivity contribution in [1.82, 2.24) is 0 Å². The molecule has 0 heterocycles. The molecule has 0 amide bonds. The van der Waals surface area contributed by atoms with Crippen molar-refractivity contribution < 1.29 is 9.53 Å². The summed E-state index contributed by atoms with van der Waals surface area (Å²) in [5.74, 6) is 0.396. The van der Waals surface area contributed by atoms with Crippen molar-refractivity contribution in [2.45, 2.75) is 119 Å². The van der Waals surface area contributed by atoms with Crippen LogP contribution in [0.15, 0.2) is 70.4 Å². The molecule has 0 aliphatic heterocycles. The largest absolute Gasteiger partial charge is 0.469 e. The van der Waals surface area contributed by atoms with E-state index in [0.717, 1.165) is 77.0 Å². The minimum atomic E-state index is -0.0494. The Hall–Kier alpha value is -2.09. The van der Waals surface area contributed by atoms with Gasteiger partial charge in [0, 0.05) is 0 Å². The minimum absolute atomic E-state index is 0.00222. The molecule has 0 saturated carbocycles. The second-order valence-electron chi connectivity index (χ2n) is 11.4. The van der Waals surface area contributed by atoms with E-state index in [0.29, 0.717) is 5.92 Å². The van der Waals surface area contributed by atoms with E-state index < -0.39 is 0 Å². The number of carbonyl (C=O) groups is 1. The van der Waals surface area contributed by atoms with Crippen molar-refractivity contribution in [3.8, 4) is 0 Å². The van der Waals surface area contributed by atoms with Crippen LogP contribution in [0, 0.1) is 11.8 Å². The first-order valence-corrected chi connectivity index (χ1v) is 14.1. The van der Waals surface area contributed by atoms with Gasteiger partial charge in [0.25, 0.3) is 0 Å². The fourth-order valence-corrected chi connectivity index (χ4v) is 4.89. The van der Waals surface area contributed by atoms with E-state index in [1.54, 1.807) is 0 Å². The lowest BCUT2D eigenvalue weighted by Crippen LogP contribution is -2.23. The van der Waals surface area contributed by atoms with Gasteiger partial charge in [0.15, 0.2) is 0 Å². The molecule has 0 spiro atoms. The zero-order valence-electron chi connectivity index (χ0n) is 24.6. The highest BCUT2D eigenvalue weighted by molar-refractivity contribution is 5.73. The van der Waals surface area contributed by atoms with Crippen molar-refractivity contribution in [1.29, 1.82) is 0 Å². The van der Waals surface area contributed by atoms with Gasteiger partial charge in [0.1, 0.15) is 0 Å². The maximum Gasteiger partial charge on any atom is 0.308 e. The maximum absolute atomic E-state index is 12.4. The molecule has 0 aromatic heterocycles. The van der Waals surface area contributed by atoms with E-state index in [9.17, 15) is 4.79 Å². The van der Waals surface area contributed by atoms with Gasteiger partial charge in [0.2, 0.25) is 0 Å². The second-order valence-corrected chi connectivity index (χ2v) is 11.4. The van der Waals surface area contributed by atoms with Gasteiger partial charge in [-0.25, -0.2) is 0 Å². The van der Waals surface area contributed by atoms with Crippen LogP contribution in [0.2, 0.25) is 0 Å². The van der Waals surface area contributed by atoms with E-state index in [-0.39, 0.29) is 11.9 Å². The number of carbonyl (C=O) groups excluding carboxylic acids is 1. The average Bonchev–Trinajstić information content (AvgIpc) is 2.81. The summed E-state index contributed by atoms with van der Waals surface area (Å²) in [5.41, 5.74) is 8.47. The standard InChI is InChI=1S/C34H54O2/c1-26(2)13-9-15-28(5)17-11-18-30(7)21-22-32-23-31(24-33(25-32)34(35)36-8)20-12-19-29(6)16-10-14-27(3)4/h13-14,17,19,23,32-33H,7,9-12,15-16,18,20-22,24-25H2,1-6,8H3/b28-17+,29-19+/t32-,33+/m0/s1. The summed E-state index contributed by atoms with van der Waals surface area (Å²) in [6.45, 7) is 17.5. The lowest BCUT2D eigenvalue weighted by Gasteiger charge is -2.27. The summed E-state index contributed by atoms with van der Waals surface area (Å²) in [6.07, 6.45) is 24.5. The molecule has 1 aliphatic rings. The molecule has 2 nitrogen and oxygen atoms in total. The molecule has 202 valence electrons. The lowest BCUT2D eigenvalue weighted by atomic mass is 9.78. The predicted octanol–water partition coefficient (Wildman–Crippen LogP) is 10.4. The molecule has 1 rings (SSSR count). The third-order valence-electron chi connectivity index (χ3n) is 7.10. The summed E-state index contributed by atoms with van der Waals surface area (Å²) in [4.78, 5) is 12.4. The fraction of sp³-hybridized carbons (Fsp3) is 0.618. The average molecular weight is 495 g/mol. The lowest BCUT2D eigenvalue weighted by molar-refractivity contribution is -0.146. The van der Waals surface area contributed by atoms with Crippen LogP contribution in [-0.4, -0.2) is 13.1 Å². The molecule has 2 heteroatoms. The van der Waals surface area contributed by atoms with Crippen LogP contribution in [0.1, 0.15) is 119 Å². The Kier molecular flexibility index (Phi) is 16.1. The molecule has 0 fully saturated rings. The zero-order chi connectivity index (χ0) is 26.9. The van der Waals surface area contributed by atoms with Crippen LogP contribution in [0.4, 0.5) is 0 Å². The van der Waals surface area contributed by atoms with E-state index in [1.807, 2.05) is 0 Å². The first kappa shape index (κ1) is 31.9. The molecule has 0 aromatic carbocycles. The van der Waals surface area contributed by atoms with Crippen molar-refractivity contribution in [3.05, 3.63) is 70.4 Å². The summed E-state index contributed by atoms with van der Waals surface area (Å²) in [5, 5.41) is 0. The quantitative estimate of drug-likeness (QED) is 0.157. The van der Waals surface area contributed by atoms with Gasteiger partial charge in [-0.05, 0) is 125 Å². The molecule has 1 aliphatic carbocycles. The summed E-state index contributed by atoms with van der Waals surface area (Å²) in [6, 6.07) is 0. The van der Waals surface area contributed by atoms with Gasteiger partial charge in [-0.1, -0.05) is 70.4 Å². The van der Waals surface area contributed by atoms with Gasteiger partial charge in [-0.3, -0.25) is 4.79 Å². The van der Waals surface area contributed by atoms with Crippen molar-refractivity contribution in [2.24, 2.45) is 11.8 Å². The van der Waals surface area contributed by atoms with Crippen LogP contribution in [0.25, 0.3) is 0 Å². The SMILES string of the molecule is C=C(CC/C=C(\C)CCC=C(C)C)CC[C@H]1C=C(CC/C=C(\C)CCC=C(C)C)C[C@@H](C(=O)OC)C1. The normalized spacial score (nSPS) is 18.4. The van der Waals surface area contributed by atoms with E-state index in [2.05, 4.69) is 78.5 Å². The monoisotopic (exact) mass is 494 g/mol. The van der Waals surface area contributed by atoms with Crippen LogP contribution in [0.5, 0.6) is 0 Å². The van der Waals surface area contributed by atoms with E-state index in [1.165, 1.54) is 40.5 Å². The molecule has 0 N–H and O–H groups in total. The summed E-state index contributed by atoms with van der Waals surface area (Å²) < 4.78 is 5.12. The number of esters is 1. The Morgan fingerprint density at radius 2 is 1.42 bits per heavy atom. The van der Waals surface area contributed by atoms with Gasteiger partial charge in [-0.2, -0.15) is 0 Å². The summed E-state index contributed by atoms with van der Waals surface area (Å²) >= 11 is 0. The molecular weight excluding hydrogens is 440 g/mol. The van der Waals surface area contributed by atoms with Crippen molar-refractivity contribution >= 4 is 5.97 Å². The van der Waals surface area contributed by atoms with Crippen LogP contribution >= 0.6 is 0 Å². The highest BCUT2D eigenvalue weighted by Gasteiger charge is 2.28. The Morgan fingerprint density at radius 1 is 0.861 bits per heavy atom. The Labute approximate surface area is 223 Å². The number of ether oxygens (including phenoxy) is 1. The molecule has 0 bridgehead atoms. The van der Waals surface area contributed by atoms with E-state index in [4.69, 9.17) is 4.74 Å². The molecular formula is C34H54O2. The van der Waals surface area contributed by atoms with Crippen molar-refractivity contribution in [3.63, 3.8) is 0 Å². The summed E-state index contributed by atoms with van der Waals surface area (Å²) in [7, 11) is 1.52. The van der Waals surface area contributed by atoms with Crippen molar-refractivity contribution in [2.75, 3.05) is 7.11 Å². The molecule has 2 atom stereocenters.